The number of tetrazole rings is 1. The first-order chi connectivity index (χ1) is 11.6. The van der Waals surface area contributed by atoms with Gasteiger partial charge in [-0.15, -0.1) is 5.10 Å². The first kappa shape index (κ1) is 18.7. The van der Waals surface area contributed by atoms with Crippen molar-refractivity contribution in [2.75, 3.05) is 5.75 Å². The predicted molar refractivity (Wildman–Crippen MR) is 101 cm³/mol. The van der Waals surface area contributed by atoms with E-state index >= 15 is 0 Å². The van der Waals surface area contributed by atoms with Crippen LogP contribution in [0.2, 0.25) is 0 Å². The molecule has 24 heavy (non-hydrogen) atoms. The Balaban J connectivity index is 1.84. The Morgan fingerprint density at radius 3 is 2.62 bits per heavy atom. The van der Waals surface area contributed by atoms with Gasteiger partial charge in [-0.05, 0) is 46.7 Å². The highest BCUT2D eigenvalue weighted by atomic mass is 32.2. The van der Waals surface area contributed by atoms with Crippen molar-refractivity contribution in [1.82, 2.24) is 20.2 Å². The second-order valence-corrected chi connectivity index (χ2v) is 7.52. The van der Waals surface area contributed by atoms with Crippen molar-refractivity contribution in [1.29, 1.82) is 0 Å². The van der Waals surface area contributed by atoms with E-state index in [9.17, 15) is 0 Å². The fourth-order valence-electron chi connectivity index (χ4n) is 2.37. The number of hydrogen-bond donors (Lipinski definition) is 0. The number of para-hydroxylation sites is 1. The lowest BCUT2D eigenvalue weighted by Gasteiger charge is -2.14. The average Bonchev–Trinajstić information content (AvgIpc) is 3.08. The number of thioether (sulfide) groups is 1. The molecule has 3 atom stereocenters. The van der Waals surface area contributed by atoms with Gasteiger partial charge in [0.25, 0.3) is 0 Å². The standard InChI is InChI=1S/C19H28N4S/c1-5-16(3)17(4)11-9-10-15(2)14-24-19-20-21-22-23(19)18-12-7-6-8-13-18/h6-9,11-13,15-17H,5,10,14H2,1-4H3/b11-9+/t15-,16-,17-/m0/s1. The lowest BCUT2D eigenvalue weighted by molar-refractivity contribution is 0.445. The van der Waals surface area contributed by atoms with Gasteiger partial charge in [-0.1, -0.05) is 76.2 Å². The lowest BCUT2D eigenvalue weighted by Crippen LogP contribution is -2.04. The molecule has 5 heteroatoms. The number of benzene rings is 1. The van der Waals surface area contributed by atoms with Gasteiger partial charge < -0.3 is 0 Å². The molecule has 0 unspecified atom stereocenters. The topological polar surface area (TPSA) is 43.6 Å². The van der Waals surface area contributed by atoms with E-state index < -0.39 is 0 Å². The van der Waals surface area contributed by atoms with Crippen molar-refractivity contribution in [3.05, 3.63) is 42.5 Å². The van der Waals surface area contributed by atoms with Gasteiger partial charge >= 0.3 is 0 Å². The van der Waals surface area contributed by atoms with Crippen LogP contribution in [0.5, 0.6) is 0 Å². The quantitative estimate of drug-likeness (QED) is 0.473. The first-order valence-electron chi connectivity index (χ1n) is 8.75. The second-order valence-electron chi connectivity index (χ2n) is 6.53. The Morgan fingerprint density at radius 2 is 1.92 bits per heavy atom. The molecule has 0 fully saturated rings. The van der Waals surface area contributed by atoms with E-state index in [1.54, 1.807) is 16.4 Å². The molecule has 1 aromatic carbocycles. The third-order valence-electron chi connectivity index (χ3n) is 4.46. The van der Waals surface area contributed by atoms with Gasteiger partial charge in [0.15, 0.2) is 0 Å². The molecule has 1 aromatic heterocycles. The smallest absolute Gasteiger partial charge is 0.188 e. The van der Waals surface area contributed by atoms with Gasteiger partial charge in [0.2, 0.25) is 5.16 Å². The minimum absolute atomic E-state index is 0.594. The summed E-state index contributed by atoms with van der Waals surface area (Å²) < 4.78 is 1.80. The number of allylic oxidation sites excluding steroid dienone is 2. The van der Waals surface area contributed by atoms with Gasteiger partial charge in [0, 0.05) is 5.75 Å². The van der Waals surface area contributed by atoms with Crippen LogP contribution >= 0.6 is 11.8 Å². The summed E-state index contributed by atoms with van der Waals surface area (Å²) in [6.45, 7) is 9.16. The third-order valence-corrected chi connectivity index (χ3v) is 5.71. The summed E-state index contributed by atoms with van der Waals surface area (Å²) >= 11 is 1.72. The van der Waals surface area contributed by atoms with E-state index in [0.29, 0.717) is 11.8 Å². The molecule has 130 valence electrons. The molecule has 0 saturated carbocycles. The Hall–Kier alpha value is -1.62. The molecule has 0 spiro atoms. The molecule has 0 saturated heterocycles. The summed E-state index contributed by atoms with van der Waals surface area (Å²) in [6.07, 6.45) is 7.03. The molecule has 0 aliphatic heterocycles. The van der Waals surface area contributed by atoms with Crippen LogP contribution < -0.4 is 0 Å². The predicted octanol–water partition coefficient (Wildman–Crippen LogP) is 5.02. The molecule has 0 bridgehead atoms. The molecule has 0 amide bonds. The zero-order valence-corrected chi connectivity index (χ0v) is 15.9. The summed E-state index contributed by atoms with van der Waals surface area (Å²) in [5.41, 5.74) is 1.000. The highest BCUT2D eigenvalue weighted by molar-refractivity contribution is 7.99. The molecule has 1 heterocycles. The van der Waals surface area contributed by atoms with Gasteiger partial charge in [-0.2, -0.15) is 4.68 Å². The largest absolute Gasteiger partial charge is 0.214 e. The molecule has 0 aliphatic rings. The first-order valence-corrected chi connectivity index (χ1v) is 9.73. The van der Waals surface area contributed by atoms with Crippen molar-refractivity contribution in [3.63, 3.8) is 0 Å². The maximum Gasteiger partial charge on any atom is 0.214 e. The maximum absolute atomic E-state index is 4.15. The zero-order valence-electron chi connectivity index (χ0n) is 15.1. The SMILES string of the molecule is CC[C@H](C)[C@@H](C)/C=C/C[C@H](C)CSc1nnnn1-c1ccccc1. The van der Waals surface area contributed by atoms with Crippen LogP contribution in [0.15, 0.2) is 47.6 Å². The van der Waals surface area contributed by atoms with E-state index in [0.717, 1.165) is 28.9 Å². The number of nitrogens with zero attached hydrogens (tertiary/aromatic N) is 4. The minimum Gasteiger partial charge on any atom is -0.188 e. The monoisotopic (exact) mass is 344 g/mol. The van der Waals surface area contributed by atoms with Gasteiger partial charge in [0.1, 0.15) is 0 Å². The van der Waals surface area contributed by atoms with Crippen molar-refractivity contribution in [2.24, 2.45) is 17.8 Å². The van der Waals surface area contributed by atoms with Crippen LogP contribution in [0.3, 0.4) is 0 Å². The highest BCUT2D eigenvalue weighted by Crippen LogP contribution is 2.22. The molecule has 4 nitrogen and oxygen atoms in total. The van der Waals surface area contributed by atoms with E-state index in [-0.39, 0.29) is 0 Å². The molecule has 2 rings (SSSR count). The van der Waals surface area contributed by atoms with Gasteiger partial charge in [-0.25, -0.2) is 0 Å². The van der Waals surface area contributed by atoms with Crippen LogP contribution in [0.1, 0.15) is 40.5 Å². The van der Waals surface area contributed by atoms with Crippen LogP contribution in [-0.4, -0.2) is 26.0 Å². The van der Waals surface area contributed by atoms with Crippen LogP contribution in [0.25, 0.3) is 5.69 Å². The number of rotatable bonds is 9. The summed E-state index contributed by atoms with van der Waals surface area (Å²) in [5.74, 6) is 3.01. The fourth-order valence-corrected chi connectivity index (χ4v) is 3.30. The van der Waals surface area contributed by atoms with Crippen LogP contribution in [-0.2, 0) is 0 Å². The summed E-state index contributed by atoms with van der Waals surface area (Å²) in [7, 11) is 0. The summed E-state index contributed by atoms with van der Waals surface area (Å²) in [5, 5.41) is 12.9. The van der Waals surface area contributed by atoms with Crippen molar-refractivity contribution < 1.29 is 0 Å². The lowest BCUT2D eigenvalue weighted by atomic mass is 9.93. The summed E-state index contributed by atoms with van der Waals surface area (Å²) in [6, 6.07) is 10.0. The molecule has 0 N–H and O–H groups in total. The van der Waals surface area contributed by atoms with Crippen molar-refractivity contribution >= 4 is 11.8 Å². The minimum atomic E-state index is 0.594. The van der Waals surface area contributed by atoms with E-state index in [2.05, 4.69) is 55.4 Å². The number of aromatic nitrogens is 4. The maximum atomic E-state index is 4.15. The molecule has 0 aliphatic carbocycles. The molecular formula is C19H28N4S. The second kappa shape index (κ2) is 9.62. The van der Waals surface area contributed by atoms with Crippen LogP contribution in [0, 0.1) is 17.8 Å². The molecule has 2 aromatic rings. The third kappa shape index (κ3) is 5.48. The normalized spacial score (nSPS) is 15.5. The van der Waals surface area contributed by atoms with Gasteiger partial charge in [-0.3, -0.25) is 0 Å². The Bertz CT molecular complexity index is 623. The number of hydrogen-bond acceptors (Lipinski definition) is 4. The van der Waals surface area contributed by atoms with E-state index in [4.69, 9.17) is 0 Å². The fraction of sp³-hybridized carbons (Fsp3) is 0.526. The zero-order chi connectivity index (χ0) is 17.4. The summed E-state index contributed by atoms with van der Waals surface area (Å²) in [4.78, 5) is 0. The average molecular weight is 345 g/mol. The van der Waals surface area contributed by atoms with E-state index in [1.807, 2.05) is 30.3 Å². The highest BCUT2D eigenvalue weighted by Gasteiger charge is 2.11. The van der Waals surface area contributed by atoms with Crippen molar-refractivity contribution in [2.45, 2.75) is 45.7 Å². The van der Waals surface area contributed by atoms with Gasteiger partial charge in [0.05, 0.1) is 5.69 Å². The molecular weight excluding hydrogens is 316 g/mol. The van der Waals surface area contributed by atoms with E-state index in [1.165, 1.54) is 6.42 Å². The Morgan fingerprint density at radius 1 is 1.17 bits per heavy atom. The van der Waals surface area contributed by atoms with Crippen LogP contribution in [0.4, 0.5) is 0 Å². The van der Waals surface area contributed by atoms with Crippen molar-refractivity contribution in [3.8, 4) is 5.69 Å². The Kier molecular flexibility index (Phi) is 7.50. The molecule has 0 radical (unpaired) electrons. The Labute approximate surface area is 149 Å².